The summed E-state index contributed by atoms with van der Waals surface area (Å²) in [6.45, 7) is 2.31. The van der Waals surface area contributed by atoms with E-state index in [1.165, 1.54) is 19.3 Å². The lowest BCUT2D eigenvalue weighted by molar-refractivity contribution is -0.143. The third-order valence-electron chi connectivity index (χ3n) is 2.51. The number of ether oxygens (including phenoxy) is 1. The molecule has 0 heterocycles. The summed E-state index contributed by atoms with van der Waals surface area (Å²) in [5.74, 6) is -0.0755. The Bertz CT molecular complexity index is 178. The van der Waals surface area contributed by atoms with Gasteiger partial charge in [-0.2, -0.15) is 0 Å². The molecule has 0 aliphatic heterocycles. The van der Waals surface area contributed by atoms with Crippen molar-refractivity contribution in [3.05, 3.63) is 0 Å². The Kier molecular flexibility index (Phi) is 11.6. The van der Waals surface area contributed by atoms with E-state index in [0.717, 1.165) is 32.0 Å². The van der Waals surface area contributed by atoms with Gasteiger partial charge >= 0.3 is 5.97 Å². The second-order valence-electron chi connectivity index (χ2n) is 3.99. The Morgan fingerprint density at radius 3 is 2.12 bits per heavy atom. The maximum absolute atomic E-state index is 11.0. The van der Waals surface area contributed by atoms with Gasteiger partial charge in [-0.25, -0.2) is 0 Å². The fraction of sp³-hybridized carbons (Fsp3) is 0.846. The predicted octanol–water partition coefficient (Wildman–Crippen LogP) is 3.26. The lowest BCUT2D eigenvalue weighted by Gasteiger charge is -2.02. The Morgan fingerprint density at radius 1 is 1.00 bits per heavy atom. The third kappa shape index (κ3) is 11.2. The summed E-state index contributed by atoms with van der Waals surface area (Å²) in [6, 6.07) is 0. The van der Waals surface area contributed by atoms with Crippen LogP contribution in [0.1, 0.15) is 64.7 Å². The van der Waals surface area contributed by atoms with Gasteiger partial charge in [-0.05, 0) is 19.8 Å². The highest BCUT2D eigenvalue weighted by molar-refractivity contribution is 5.69. The van der Waals surface area contributed by atoms with Crippen LogP contribution in [0.5, 0.6) is 0 Å². The van der Waals surface area contributed by atoms with Crippen LogP contribution < -0.4 is 0 Å². The van der Waals surface area contributed by atoms with Crippen LogP contribution in [0.25, 0.3) is 0 Å². The molecule has 0 atom stereocenters. The molecule has 0 aromatic heterocycles. The summed E-state index contributed by atoms with van der Waals surface area (Å²) in [5, 5.41) is 0. The molecule has 0 rings (SSSR count). The molecule has 0 amide bonds. The minimum atomic E-state index is -0.0755. The molecule has 0 aliphatic rings. The maximum Gasteiger partial charge on any atom is 0.305 e. The minimum Gasteiger partial charge on any atom is -0.466 e. The van der Waals surface area contributed by atoms with Crippen molar-refractivity contribution in [2.75, 3.05) is 6.61 Å². The molecule has 0 fully saturated rings. The van der Waals surface area contributed by atoms with Crippen molar-refractivity contribution < 1.29 is 14.3 Å². The van der Waals surface area contributed by atoms with Gasteiger partial charge in [-0.3, -0.25) is 4.79 Å². The number of carbonyl (C=O) groups is 2. The van der Waals surface area contributed by atoms with Gasteiger partial charge in [0.2, 0.25) is 0 Å². The molecule has 94 valence electrons. The van der Waals surface area contributed by atoms with Gasteiger partial charge in [0, 0.05) is 12.8 Å². The standard InChI is InChI=1S/C13H24O3/c1-2-16-13(15)11-9-7-5-3-4-6-8-10-12-14/h12H,2-11H2,1H3. The summed E-state index contributed by atoms with van der Waals surface area (Å²) in [6.07, 6.45) is 10.0. The lowest BCUT2D eigenvalue weighted by atomic mass is 10.1. The summed E-state index contributed by atoms with van der Waals surface area (Å²) < 4.78 is 4.84. The predicted molar refractivity (Wildman–Crippen MR) is 64.3 cm³/mol. The number of aldehydes is 1. The van der Waals surface area contributed by atoms with Gasteiger partial charge in [0.1, 0.15) is 6.29 Å². The maximum atomic E-state index is 11.0. The summed E-state index contributed by atoms with van der Waals surface area (Å²) >= 11 is 0. The first-order valence-corrected chi connectivity index (χ1v) is 6.40. The Hall–Kier alpha value is -0.860. The second-order valence-corrected chi connectivity index (χ2v) is 3.99. The van der Waals surface area contributed by atoms with Crippen molar-refractivity contribution in [2.24, 2.45) is 0 Å². The van der Waals surface area contributed by atoms with Crippen molar-refractivity contribution in [2.45, 2.75) is 64.7 Å². The quantitative estimate of drug-likeness (QED) is 0.310. The van der Waals surface area contributed by atoms with Crippen LogP contribution in [0, 0.1) is 0 Å². The van der Waals surface area contributed by atoms with Gasteiger partial charge in [-0.15, -0.1) is 0 Å². The zero-order chi connectivity index (χ0) is 12.1. The fourth-order valence-electron chi connectivity index (χ4n) is 1.61. The normalized spacial score (nSPS) is 10.1. The topological polar surface area (TPSA) is 43.4 Å². The number of hydrogen-bond donors (Lipinski definition) is 0. The van der Waals surface area contributed by atoms with E-state index in [-0.39, 0.29) is 5.97 Å². The summed E-state index contributed by atoms with van der Waals surface area (Å²) in [5.41, 5.74) is 0. The van der Waals surface area contributed by atoms with Crippen LogP contribution in [-0.2, 0) is 14.3 Å². The van der Waals surface area contributed by atoms with Crippen molar-refractivity contribution in [1.82, 2.24) is 0 Å². The molecule has 0 unspecified atom stereocenters. The minimum absolute atomic E-state index is 0.0755. The van der Waals surface area contributed by atoms with E-state index in [2.05, 4.69) is 0 Å². The smallest absolute Gasteiger partial charge is 0.305 e. The van der Waals surface area contributed by atoms with Gasteiger partial charge in [0.15, 0.2) is 0 Å². The van der Waals surface area contributed by atoms with Crippen LogP contribution in [0.15, 0.2) is 0 Å². The van der Waals surface area contributed by atoms with Gasteiger partial charge in [0.05, 0.1) is 6.61 Å². The van der Waals surface area contributed by atoms with Crippen LogP contribution in [0.2, 0.25) is 0 Å². The molecule has 0 aliphatic carbocycles. The van der Waals surface area contributed by atoms with Crippen LogP contribution in [-0.4, -0.2) is 18.9 Å². The van der Waals surface area contributed by atoms with E-state index < -0.39 is 0 Å². The molecular weight excluding hydrogens is 204 g/mol. The molecule has 0 saturated carbocycles. The zero-order valence-corrected chi connectivity index (χ0v) is 10.4. The highest BCUT2D eigenvalue weighted by atomic mass is 16.5. The number of hydrogen-bond acceptors (Lipinski definition) is 3. The molecule has 0 aromatic carbocycles. The summed E-state index contributed by atoms with van der Waals surface area (Å²) in [4.78, 5) is 21.0. The van der Waals surface area contributed by atoms with Crippen molar-refractivity contribution in [3.8, 4) is 0 Å². The van der Waals surface area contributed by atoms with Gasteiger partial charge in [0.25, 0.3) is 0 Å². The fourth-order valence-corrected chi connectivity index (χ4v) is 1.61. The highest BCUT2D eigenvalue weighted by Gasteiger charge is 2.00. The van der Waals surface area contributed by atoms with E-state index in [4.69, 9.17) is 4.74 Å². The van der Waals surface area contributed by atoms with E-state index in [9.17, 15) is 9.59 Å². The molecule has 0 aromatic rings. The Balaban J connectivity index is 3.03. The molecule has 0 radical (unpaired) electrons. The van der Waals surface area contributed by atoms with E-state index in [0.29, 0.717) is 19.4 Å². The Morgan fingerprint density at radius 2 is 1.56 bits per heavy atom. The highest BCUT2D eigenvalue weighted by Crippen LogP contribution is 2.09. The first-order chi connectivity index (χ1) is 7.81. The zero-order valence-electron chi connectivity index (χ0n) is 10.4. The molecule has 3 nitrogen and oxygen atoms in total. The van der Waals surface area contributed by atoms with Crippen LogP contribution >= 0.6 is 0 Å². The molecule has 0 N–H and O–H groups in total. The molecule has 0 bridgehead atoms. The van der Waals surface area contributed by atoms with Crippen molar-refractivity contribution >= 4 is 12.3 Å². The Labute approximate surface area is 98.6 Å². The monoisotopic (exact) mass is 228 g/mol. The van der Waals surface area contributed by atoms with Crippen LogP contribution in [0.4, 0.5) is 0 Å². The average Bonchev–Trinajstić information content (AvgIpc) is 2.27. The lowest BCUT2D eigenvalue weighted by Crippen LogP contribution is -2.03. The van der Waals surface area contributed by atoms with Crippen molar-refractivity contribution in [3.63, 3.8) is 0 Å². The van der Waals surface area contributed by atoms with Crippen molar-refractivity contribution in [1.29, 1.82) is 0 Å². The number of carbonyl (C=O) groups excluding carboxylic acids is 2. The first kappa shape index (κ1) is 15.1. The second kappa shape index (κ2) is 12.2. The molecule has 0 saturated heterocycles. The van der Waals surface area contributed by atoms with Gasteiger partial charge in [-0.1, -0.05) is 32.1 Å². The van der Waals surface area contributed by atoms with Gasteiger partial charge < -0.3 is 9.53 Å². The van der Waals surface area contributed by atoms with Crippen LogP contribution in [0.3, 0.4) is 0 Å². The largest absolute Gasteiger partial charge is 0.466 e. The molecule has 0 spiro atoms. The average molecular weight is 228 g/mol. The third-order valence-corrected chi connectivity index (χ3v) is 2.51. The molecule has 3 heteroatoms. The SMILES string of the molecule is CCOC(=O)CCCCCCCCCC=O. The summed E-state index contributed by atoms with van der Waals surface area (Å²) in [7, 11) is 0. The van der Waals surface area contributed by atoms with E-state index in [1.54, 1.807) is 0 Å². The van der Waals surface area contributed by atoms with E-state index in [1.807, 2.05) is 6.92 Å². The first-order valence-electron chi connectivity index (χ1n) is 6.40. The number of rotatable bonds is 11. The number of esters is 1. The van der Waals surface area contributed by atoms with E-state index >= 15 is 0 Å². The molecular formula is C13H24O3. The molecule has 16 heavy (non-hydrogen) atoms. The number of unbranched alkanes of at least 4 members (excludes halogenated alkanes) is 7.